The van der Waals surface area contributed by atoms with Gasteiger partial charge in [-0.25, -0.2) is 0 Å². The maximum atomic E-state index is 11.0. The van der Waals surface area contributed by atoms with Gasteiger partial charge in [-0.05, 0) is 47.4 Å². The molecule has 0 fully saturated rings. The summed E-state index contributed by atoms with van der Waals surface area (Å²) in [6, 6.07) is 23.4. The number of halogens is 1. The van der Waals surface area contributed by atoms with Crippen LogP contribution < -0.4 is 0 Å². The molecule has 0 radical (unpaired) electrons. The van der Waals surface area contributed by atoms with Gasteiger partial charge >= 0.3 is 0 Å². The molecule has 0 aliphatic rings. The van der Waals surface area contributed by atoms with Gasteiger partial charge in [0.1, 0.15) is 0 Å². The number of hydrogen-bond acceptors (Lipinski definition) is 3. The molecule has 2 atom stereocenters. The number of rotatable bonds is 7. The number of aliphatic hydroxyl groups is 1. The van der Waals surface area contributed by atoms with Crippen molar-refractivity contribution in [1.29, 1.82) is 0 Å². The summed E-state index contributed by atoms with van der Waals surface area (Å²) in [5.74, 6) is -0.269. The van der Waals surface area contributed by atoms with Gasteiger partial charge < -0.3 is 5.11 Å². The summed E-state index contributed by atoms with van der Waals surface area (Å²) in [5.41, 5.74) is 2.74. The van der Waals surface area contributed by atoms with E-state index in [2.05, 4.69) is 0 Å². The molecule has 0 amide bonds. The molecule has 4 nitrogen and oxygen atoms in total. The number of nitro benzene ring substituents is 1. The molecule has 0 spiro atoms. The Hall–Kier alpha value is -2.95. The van der Waals surface area contributed by atoms with Crippen LogP contribution in [0.4, 0.5) is 5.69 Å². The summed E-state index contributed by atoms with van der Waals surface area (Å²) in [6.07, 6.45) is 3.91. The highest BCUT2D eigenvalue weighted by molar-refractivity contribution is 6.30. The summed E-state index contributed by atoms with van der Waals surface area (Å²) < 4.78 is 0. The van der Waals surface area contributed by atoms with Crippen LogP contribution in [-0.2, 0) is 6.42 Å². The fraction of sp³-hybridized carbons (Fsp3) is 0.130. The van der Waals surface area contributed by atoms with E-state index in [0.29, 0.717) is 17.0 Å². The van der Waals surface area contributed by atoms with Crippen LogP contribution in [-0.4, -0.2) is 10.0 Å². The predicted molar refractivity (Wildman–Crippen MR) is 112 cm³/mol. The van der Waals surface area contributed by atoms with Crippen LogP contribution in [0.3, 0.4) is 0 Å². The smallest absolute Gasteiger partial charge is 0.269 e. The quantitative estimate of drug-likeness (QED) is 0.310. The first-order valence-corrected chi connectivity index (χ1v) is 9.31. The van der Waals surface area contributed by atoms with Crippen LogP contribution in [0, 0.1) is 10.1 Å². The summed E-state index contributed by atoms with van der Waals surface area (Å²) in [4.78, 5) is 10.4. The maximum Gasteiger partial charge on any atom is 0.269 e. The Morgan fingerprint density at radius 1 is 0.929 bits per heavy atom. The van der Waals surface area contributed by atoms with E-state index in [1.165, 1.54) is 12.1 Å². The Bertz CT molecular complexity index is 938. The van der Waals surface area contributed by atoms with Gasteiger partial charge in [-0.3, -0.25) is 10.1 Å². The van der Waals surface area contributed by atoms with Gasteiger partial charge in [-0.2, -0.15) is 0 Å². The minimum absolute atomic E-state index is 0.00508. The molecule has 0 bridgehead atoms. The lowest BCUT2D eigenvalue weighted by atomic mass is 9.88. The molecule has 0 aliphatic heterocycles. The summed E-state index contributed by atoms with van der Waals surface area (Å²) in [5, 5.41) is 22.5. The molecule has 0 heterocycles. The number of allylic oxidation sites excluding steroid dienone is 1. The number of hydrogen-bond donors (Lipinski definition) is 1. The highest BCUT2D eigenvalue weighted by Crippen LogP contribution is 2.33. The fourth-order valence-corrected chi connectivity index (χ4v) is 3.17. The van der Waals surface area contributed by atoms with E-state index in [0.717, 1.165) is 11.1 Å². The van der Waals surface area contributed by atoms with Crippen molar-refractivity contribution in [2.45, 2.75) is 18.4 Å². The second kappa shape index (κ2) is 9.31. The molecule has 0 aliphatic carbocycles. The minimum atomic E-state index is -0.815. The lowest BCUT2D eigenvalue weighted by Crippen LogP contribution is -2.09. The molecule has 1 N–H and O–H groups in total. The monoisotopic (exact) mass is 393 g/mol. The van der Waals surface area contributed by atoms with Gasteiger partial charge in [0.15, 0.2) is 0 Å². The van der Waals surface area contributed by atoms with Crippen LogP contribution in [0.5, 0.6) is 0 Å². The van der Waals surface area contributed by atoms with Crippen molar-refractivity contribution < 1.29 is 10.0 Å². The summed E-state index contributed by atoms with van der Waals surface area (Å²) >= 11 is 5.92. The number of nitro groups is 1. The van der Waals surface area contributed by atoms with Gasteiger partial charge in [0.25, 0.3) is 5.69 Å². The zero-order valence-corrected chi connectivity index (χ0v) is 15.9. The van der Waals surface area contributed by atoms with Crippen molar-refractivity contribution in [1.82, 2.24) is 0 Å². The Morgan fingerprint density at radius 3 is 2.18 bits per heavy atom. The zero-order chi connectivity index (χ0) is 19.9. The van der Waals surface area contributed by atoms with Crippen molar-refractivity contribution in [3.8, 4) is 0 Å². The third-order valence-corrected chi connectivity index (χ3v) is 4.83. The van der Waals surface area contributed by atoms with Crippen LogP contribution in [0.25, 0.3) is 0 Å². The second-order valence-electron chi connectivity index (χ2n) is 6.49. The number of non-ortho nitro benzene ring substituents is 1. The van der Waals surface area contributed by atoms with E-state index in [1.807, 2.05) is 66.7 Å². The molecule has 0 saturated heterocycles. The van der Waals surface area contributed by atoms with Crippen molar-refractivity contribution >= 4 is 17.3 Å². The molecule has 3 aromatic carbocycles. The lowest BCUT2D eigenvalue weighted by molar-refractivity contribution is -0.384. The van der Waals surface area contributed by atoms with Crippen LogP contribution in [0.1, 0.15) is 28.7 Å². The van der Waals surface area contributed by atoms with Crippen molar-refractivity contribution in [2.24, 2.45) is 0 Å². The second-order valence-corrected chi connectivity index (χ2v) is 6.93. The first kappa shape index (κ1) is 19.8. The van der Waals surface area contributed by atoms with E-state index >= 15 is 0 Å². The first-order chi connectivity index (χ1) is 13.5. The van der Waals surface area contributed by atoms with Gasteiger partial charge in [0.2, 0.25) is 0 Å². The lowest BCUT2D eigenvalue weighted by Gasteiger charge is -2.21. The number of aliphatic hydroxyl groups excluding tert-OH is 1. The Morgan fingerprint density at radius 2 is 1.57 bits per heavy atom. The molecule has 0 aromatic heterocycles. The van der Waals surface area contributed by atoms with E-state index < -0.39 is 11.0 Å². The fourth-order valence-electron chi connectivity index (χ4n) is 3.05. The molecule has 3 aromatic rings. The molecule has 2 unspecified atom stereocenters. The van der Waals surface area contributed by atoms with Crippen LogP contribution in [0.15, 0.2) is 91.0 Å². The molecule has 28 heavy (non-hydrogen) atoms. The standard InChI is InChI=1S/C23H20ClNO3/c24-20-13-9-17(10-14-20)5-4-8-22(18-6-2-1-3-7-18)23(26)19-11-15-21(16-12-19)25(27)28/h1-4,6-16,22-23,26H,5H2/b8-4-. The van der Waals surface area contributed by atoms with Gasteiger partial charge in [-0.1, -0.05) is 66.2 Å². The van der Waals surface area contributed by atoms with Crippen molar-refractivity contribution in [2.75, 3.05) is 0 Å². The van der Waals surface area contributed by atoms with E-state index in [9.17, 15) is 15.2 Å². The third kappa shape index (κ3) is 5.06. The normalized spacial score (nSPS) is 13.4. The minimum Gasteiger partial charge on any atom is -0.387 e. The SMILES string of the molecule is O=[N+]([O-])c1ccc(C(O)C(/C=C\Cc2ccc(Cl)cc2)c2ccccc2)cc1. The zero-order valence-electron chi connectivity index (χ0n) is 15.1. The number of nitrogens with zero attached hydrogens (tertiary/aromatic N) is 1. The van der Waals surface area contributed by atoms with Crippen molar-refractivity contribution in [3.05, 3.63) is 123 Å². The Kier molecular flexibility index (Phi) is 6.58. The van der Waals surface area contributed by atoms with Gasteiger partial charge in [-0.15, -0.1) is 0 Å². The van der Waals surface area contributed by atoms with E-state index in [-0.39, 0.29) is 11.6 Å². The predicted octanol–water partition coefficient (Wildman–Crippen LogP) is 5.86. The van der Waals surface area contributed by atoms with E-state index in [1.54, 1.807) is 12.1 Å². The van der Waals surface area contributed by atoms with Gasteiger partial charge in [0.05, 0.1) is 11.0 Å². The maximum absolute atomic E-state index is 11.0. The highest BCUT2D eigenvalue weighted by Gasteiger charge is 2.21. The topological polar surface area (TPSA) is 63.4 Å². The molecular weight excluding hydrogens is 374 g/mol. The van der Waals surface area contributed by atoms with Gasteiger partial charge in [0, 0.05) is 23.1 Å². The van der Waals surface area contributed by atoms with Crippen molar-refractivity contribution in [3.63, 3.8) is 0 Å². The summed E-state index contributed by atoms with van der Waals surface area (Å²) in [6.45, 7) is 0. The Balaban J connectivity index is 1.83. The van der Waals surface area contributed by atoms with Crippen LogP contribution >= 0.6 is 11.6 Å². The van der Waals surface area contributed by atoms with Crippen LogP contribution in [0.2, 0.25) is 5.02 Å². The summed E-state index contributed by atoms with van der Waals surface area (Å²) in [7, 11) is 0. The van der Waals surface area contributed by atoms with E-state index in [4.69, 9.17) is 11.6 Å². The molecule has 5 heteroatoms. The Labute approximate surface area is 168 Å². The number of benzene rings is 3. The first-order valence-electron chi connectivity index (χ1n) is 8.93. The molecule has 3 rings (SSSR count). The third-order valence-electron chi connectivity index (χ3n) is 4.58. The highest BCUT2D eigenvalue weighted by atomic mass is 35.5. The average molecular weight is 394 g/mol. The average Bonchev–Trinajstić information content (AvgIpc) is 2.73. The largest absolute Gasteiger partial charge is 0.387 e. The molecule has 0 saturated carbocycles. The molecule has 142 valence electrons. The molecular formula is C23H20ClNO3.